The second-order valence-corrected chi connectivity index (χ2v) is 5.03. The van der Waals surface area contributed by atoms with Crippen LogP contribution in [0.5, 0.6) is 0 Å². The first-order valence-electron chi connectivity index (χ1n) is 5.12. The van der Waals surface area contributed by atoms with Crippen LogP contribution in [0, 0.1) is 16.7 Å². The molecule has 1 aromatic rings. The third-order valence-electron chi connectivity index (χ3n) is 3.00. The van der Waals surface area contributed by atoms with E-state index >= 15 is 0 Å². The predicted molar refractivity (Wildman–Crippen MR) is 58.8 cm³/mol. The fraction of sp³-hybridized carbons (Fsp3) is 0.600. The average Bonchev–Trinajstić information content (AvgIpc) is 2.83. The molecule has 0 saturated carbocycles. The normalized spacial score (nSPS) is 19.1. The number of carbonyl (C=O) groups excluding carboxylic acids is 1. The van der Waals surface area contributed by atoms with Gasteiger partial charge in [-0.1, -0.05) is 4.49 Å². The highest BCUT2D eigenvalue weighted by Gasteiger charge is 2.32. The average molecular weight is 236 g/mol. The Morgan fingerprint density at radius 3 is 2.81 bits per heavy atom. The van der Waals surface area contributed by atoms with Crippen LogP contribution in [0.3, 0.4) is 0 Å². The number of likely N-dealkylation sites (tertiary alicyclic amines) is 1. The largest absolute Gasteiger partial charge is 0.338 e. The molecule has 0 unspecified atom stereocenters. The van der Waals surface area contributed by atoms with Crippen LogP contribution < -0.4 is 0 Å². The van der Waals surface area contributed by atoms with E-state index in [2.05, 4.69) is 15.7 Å². The molecule has 0 spiro atoms. The minimum atomic E-state index is -0.275. The Kier molecular flexibility index (Phi) is 2.88. The van der Waals surface area contributed by atoms with Gasteiger partial charge in [0.25, 0.3) is 5.91 Å². The predicted octanol–water partition coefficient (Wildman–Crippen LogP) is 1.30. The molecular formula is C10H12N4OS. The summed E-state index contributed by atoms with van der Waals surface area (Å²) in [5.74, 6) is -0.0185. The number of nitrogens with zero attached hydrogens (tertiary/aromatic N) is 4. The molecule has 2 rings (SSSR count). The first-order chi connectivity index (χ1) is 7.64. The van der Waals surface area contributed by atoms with Gasteiger partial charge in [-0.15, -0.1) is 5.10 Å². The van der Waals surface area contributed by atoms with E-state index in [0.29, 0.717) is 18.0 Å². The highest BCUT2D eigenvalue weighted by atomic mass is 32.1. The van der Waals surface area contributed by atoms with Gasteiger partial charge in [-0.25, -0.2) is 0 Å². The standard InChI is InChI=1S/C10H12N4OS/c1-10(7-11)2-4-14(5-3-10)9(15)8-6-12-13-16-8/h6H,2-5H2,1H3. The molecule has 0 radical (unpaired) electrons. The fourth-order valence-corrected chi connectivity index (χ4v) is 2.22. The van der Waals surface area contributed by atoms with Crippen molar-refractivity contribution in [3.05, 3.63) is 11.1 Å². The molecule has 0 bridgehead atoms. The minimum Gasteiger partial charge on any atom is -0.338 e. The van der Waals surface area contributed by atoms with Crippen molar-refractivity contribution in [3.63, 3.8) is 0 Å². The van der Waals surface area contributed by atoms with E-state index in [9.17, 15) is 4.79 Å². The number of hydrogen-bond donors (Lipinski definition) is 0. The van der Waals surface area contributed by atoms with Crippen molar-refractivity contribution >= 4 is 17.4 Å². The zero-order valence-corrected chi connectivity index (χ0v) is 9.83. The molecular weight excluding hydrogens is 224 g/mol. The maximum atomic E-state index is 11.9. The molecule has 2 heterocycles. The van der Waals surface area contributed by atoms with Gasteiger partial charge in [0.05, 0.1) is 17.7 Å². The van der Waals surface area contributed by atoms with Gasteiger partial charge in [-0.3, -0.25) is 4.79 Å². The van der Waals surface area contributed by atoms with Gasteiger partial charge in [-0.05, 0) is 31.3 Å². The van der Waals surface area contributed by atoms with Gasteiger partial charge < -0.3 is 4.90 Å². The zero-order valence-electron chi connectivity index (χ0n) is 9.01. The Morgan fingerprint density at radius 2 is 2.31 bits per heavy atom. The summed E-state index contributed by atoms with van der Waals surface area (Å²) in [4.78, 5) is 14.3. The van der Waals surface area contributed by atoms with E-state index in [-0.39, 0.29) is 11.3 Å². The summed E-state index contributed by atoms with van der Waals surface area (Å²) in [6.07, 6.45) is 2.97. The van der Waals surface area contributed by atoms with Gasteiger partial charge in [0, 0.05) is 13.1 Å². The van der Waals surface area contributed by atoms with Crippen molar-refractivity contribution in [3.8, 4) is 6.07 Å². The first kappa shape index (κ1) is 11.0. The summed E-state index contributed by atoms with van der Waals surface area (Å²) in [7, 11) is 0. The van der Waals surface area contributed by atoms with E-state index in [1.807, 2.05) is 6.92 Å². The molecule has 16 heavy (non-hydrogen) atoms. The SMILES string of the molecule is CC1(C#N)CCN(C(=O)c2cnns2)CC1. The number of amides is 1. The maximum Gasteiger partial charge on any atom is 0.267 e. The second-order valence-electron chi connectivity index (χ2n) is 4.25. The third-order valence-corrected chi connectivity index (χ3v) is 3.65. The number of hydrogen-bond acceptors (Lipinski definition) is 5. The summed E-state index contributed by atoms with van der Waals surface area (Å²) in [5, 5.41) is 12.6. The quantitative estimate of drug-likeness (QED) is 0.737. The highest BCUT2D eigenvalue weighted by molar-refractivity contribution is 7.07. The highest BCUT2D eigenvalue weighted by Crippen LogP contribution is 2.30. The molecule has 1 aliphatic rings. The molecule has 1 amide bonds. The minimum absolute atomic E-state index is 0.0185. The van der Waals surface area contributed by atoms with Crippen LogP contribution >= 0.6 is 11.5 Å². The lowest BCUT2D eigenvalue weighted by atomic mass is 9.82. The lowest BCUT2D eigenvalue weighted by Gasteiger charge is -2.34. The van der Waals surface area contributed by atoms with Crippen molar-refractivity contribution < 1.29 is 4.79 Å². The van der Waals surface area contributed by atoms with Crippen molar-refractivity contribution in [1.82, 2.24) is 14.5 Å². The van der Waals surface area contributed by atoms with Crippen LogP contribution in [0.15, 0.2) is 6.20 Å². The van der Waals surface area contributed by atoms with E-state index in [4.69, 9.17) is 5.26 Å². The summed E-state index contributed by atoms with van der Waals surface area (Å²) in [5.41, 5.74) is -0.275. The van der Waals surface area contributed by atoms with E-state index in [0.717, 1.165) is 24.4 Å². The molecule has 0 aliphatic carbocycles. The Bertz CT molecular complexity index is 415. The van der Waals surface area contributed by atoms with Crippen LogP contribution in [0.4, 0.5) is 0 Å². The molecule has 1 saturated heterocycles. The topological polar surface area (TPSA) is 69.9 Å². The van der Waals surface area contributed by atoms with Gasteiger partial charge in [0.1, 0.15) is 4.88 Å². The molecule has 84 valence electrons. The van der Waals surface area contributed by atoms with Gasteiger partial charge >= 0.3 is 0 Å². The molecule has 5 nitrogen and oxygen atoms in total. The van der Waals surface area contributed by atoms with Crippen molar-refractivity contribution in [2.24, 2.45) is 5.41 Å². The van der Waals surface area contributed by atoms with Crippen molar-refractivity contribution in [1.29, 1.82) is 5.26 Å². The number of aromatic nitrogens is 2. The van der Waals surface area contributed by atoms with Crippen LogP contribution in [0.2, 0.25) is 0 Å². The number of rotatable bonds is 1. The Morgan fingerprint density at radius 1 is 1.62 bits per heavy atom. The van der Waals surface area contributed by atoms with Gasteiger partial charge in [0.15, 0.2) is 0 Å². The monoisotopic (exact) mass is 236 g/mol. The van der Waals surface area contributed by atoms with E-state index < -0.39 is 0 Å². The van der Waals surface area contributed by atoms with Crippen LogP contribution in [-0.2, 0) is 0 Å². The Hall–Kier alpha value is -1.48. The first-order valence-corrected chi connectivity index (χ1v) is 5.90. The fourth-order valence-electron chi connectivity index (χ4n) is 1.73. The molecule has 6 heteroatoms. The number of nitriles is 1. The lowest BCUT2D eigenvalue weighted by Crippen LogP contribution is -2.41. The van der Waals surface area contributed by atoms with E-state index in [1.165, 1.54) is 6.20 Å². The van der Waals surface area contributed by atoms with Gasteiger partial charge in [-0.2, -0.15) is 5.26 Å². The summed E-state index contributed by atoms with van der Waals surface area (Å²) in [6.45, 7) is 3.23. The Labute approximate surface area is 97.8 Å². The van der Waals surface area contributed by atoms with Crippen molar-refractivity contribution in [2.75, 3.05) is 13.1 Å². The van der Waals surface area contributed by atoms with Crippen LogP contribution in [0.1, 0.15) is 29.4 Å². The number of piperidine rings is 1. The summed E-state index contributed by atoms with van der Waals surface area (Å²) < 4.78 is 3.67. The summed E-state index contributed by atoms with van der Waals surface area (Å²) >= 11 is 1.11. The molecule has 1 fully saturated rings. The molecule has 1 aromatic heterocycles. The number of carbonyl (C=O) groups is 1. The van der Waals surface area contributed by atoms with Crippen LogP contribution in [-0.4, -0.2) is 33.5 Å². The maximum absolute atomic E-state index is 11.9. The third kappa shape index (κ3) is 2.04. The smallest absolute Gasteiger partial charge is 0.267 e. The lowest BCUT2D eigenvalue weighted by molar-refractivity contribution is 0.0666. The molecule has 0 aromatic carbocycles. The van der Waals surface area contributed by atoms with Crippen LogP contribution in [0.25, 0.3) is 0 Å². The van der Waals surface area contributed by atoms with Crippen molar-refractivity contribution in [2.45, 2.75) is 19.8 Å². The second kappa shape index (κ2) is 4.18. The van der Waals surface area contributed by atoms with Gasteiger partial charge in [0.2, 0.25) is 0 Å². The molecule has 0 N–H and O–H groups in total. The molecule has 1 aliphatic heterocycles. The Balaban J connectivity index is 2.00. The zero-order chi connectivity index (χ0) is 11.6. The summed E-state index contributed by atoms with van der Waals surface area (Å²) in [6, 6.07) is 2.31. The molecule has 0 atom stereocenters. The van der Waals surface area contributed by atoms with E-state index in [1.54, 1.807) is 4.90 Å².